The summed E-state index contributed by atoms with van der Waals surface area (Å²) in [5, 5.41) is 4.79. The topological polar surface area (TPSA) is 63.5 Å². The Hall–Kier alpha value is -2.16. The first-order chi connectivity index (χ1) is 12.5. The van der Waals surface area contributed by atoms with Gasteiger partial charge in [-0.25, -0.2) is 4.98 Å². The Morgan fingerprint density at radius 2 is 2.04 bits per heavy atom. The van der Waals surface area contributed by atoms with E-state index in [9.17, 15) is 4.79 Å². The van der Waals surface area contributed by atoms with Gasteiger partial charge in [0.05, 0.1) is 11.8 Å². The van der Waals surface area contributed by atoms with E-state index >= 15 is 0 Å². The van der Waals surface area contributed by atoms with Crippen molar-refractivity contribution < 1.29 is 9.53 Å². The van der Waals surface area contributed by atoms with E-state index in [4.69, 9.17) is 9.72 Å². The van der Waals surface area contributed by atoms with Crippen molar-refractivity contribution in [3.05, 3.63) is 36.2 Å². The van der Waals surface area contributed by atoms with E-state index in [1.807, 2.05) is 32.3 Å². The van der Waals surface area contributed by atoms with Crippen molar-refractivity contribution in [1.29, 1.82) is 0 Å². The molecule has 0 saturated carbocycles. The Balaban J connectivity index is 0.00000261. The second-order valence-corrected chi connectivity index (χ2v) is 7.27. The predicted molar refractivity (Wildman–Crippen MR) is 111 cm³/mol. The molecule has 0 saturated heterocycles. The monoisotopic (exact) mass is 409 g/mol. The van der Waals surface area contributed by atoms with Crippen molar-refractivity contribution >= 4 is 45.0 Å². The summed E-state index contributed by atoms with van der Waals surface area (Å²) >= 11 is 1.50. The number of para-hydroxylation sites is 1. The van der Waals surface area contributed by atoms with Crippen molar-refractivity contribution in [3.63, 3.8) is 0 Å². The number of ether oxygens (including phenoxy) is 1. The number of hydrogen-bond acceptors (Lipinski definition) is 6. The Kier molecular flexibility index (Phi) is 7.18. The summed E-state index contributed by atoms with van der Waals surface area (Å²) in [6, 6.07) is 7.54. The van der Waals surface area contributed by atoms with Crippen LogP contribution in [0.3, 0.4) is 0 Å². The third-order valence-electron chi connectivity index (χ3n) is 4.09. The maximum Gasteiger partial charge on any atom is 0.278 e. The average Bonchev–Trinajstić information content (AvgIpc) is 3.23. The Bertz CT molecular complexity index is 908. The van der Waals surface area contributed by atoms with Crippen LogP contribution >= 0.6 is 23.7 Å². The van der Waals surface area contributed by atoms with Crippen molar-refractivity contribution in [2.75, 3.05) is 39.2 Å². The molecule has 0 atom stereocenters. The van der Waals surface area contributed by atoms with Crippen LogP contribution < -0.4 is 9.64 Å². The maximum absolute atomic E-state index is 13.1. The van der Waals surface area contributed by atoms with E-state index in [1.54, 1.807) is 36.0 Å². The summed E-state index contributed by atoms with van der Waals surface area (Å²) in [6.45, 7) is 1.48. The second-order valence-electron chi connectivity index (χ2n) is 6.26. The van der Waals surface area contributed by atoms with Gasteiger partial charge in [0.15, 0.2) is 5.13 Å². The molecule has 0 aliphatic carbocycles. The molecule has 0 unspecified atom stereocenters. The van der Waals surface area contributed by atoms with Crippen molar-refractivity contribution in [3.8, 4) is 5.75 Å². The third-order valence-corrected chi connectivity index (χ3v) is 5.14. The van der Waals surface area contributed by atoms with Crippen LogP contribution in [0.5, 0.6) is 5.75 Å². The molecule has 9 heteroatoms. The first kappa shape index (κ1) is 21.1. The molecule has 0 aliphatic heterocycles. The van der Waals surface area contributed by atoms with Gasteiger partial charge in [0.25, 0.3) is 5.91 Å². The van der Waals surface area contributed by atoms with Gasteiger partial charge in [-0.3, -0.25) is 14.4 Å². The Labute approximate surface area is 169 Å². The molecule has 1 aromatic carbocycles. The molecule has 0 aliphatic rings. The average molecular weight is 410 g/mol. The van der Waals surface area contributed by atoms with E-state index < -0.39 is 0 Å². The number of rotatable bonds is 7. The number of nitrogens with zero attached hydrogens (tertiary/aromatic N) is 5. The van der Waals surface area contributed by atoms with Crippen LogP contribution in [-0.4, -0.2) is 59.9 Å². The molecule has 7 nitrogen and oxygen atoms in total. The van der Waals surface area contributed by atoms with Gasteiger partial charge in [0.1, 0.15) is 17.0 Å². The number of fused-ring (bicyclic) bond motifs is 1. The summed E-state index contributed by atoms with van der Waals surface area (Å²) in [6.07, 6.45) is 2.48. The van der Waals surface area contributed by atoms with Gasteiger partial charge in [-0.05, 0) is 45.3 Å². The lowest BCUT2D eigenvalue weighted by molar-refractivity contribution is 0.0977. The van der Waals surface area contributed by atoms with Gasteiger partial charge in [-0.2, -0.15) is 5.10 Å². The molecule has 0 radical (unpaired) electrons. The highest BCUT2D eigenvalue weighted by Crippen LogP contribution is 2.34. The second kappa shape index (κ2) is 9.16. The maximum atomic E-state index is 13.1. The highest BCUT2D eigenvalue weighted by atomic mass is 35.5. The minimum Gasteiger partial charge on any atom is -0.494 e. The quantitative estimate of drug-likeness (QED) is 0.600. The zero-order valence-electron chi connectivity index (χ0n) is 15.9. The van der Waals surface area contributed by atoms with Gasteiger partial charge >= 0.3 is 0 Å². The van der Waals surface area contributed by atoms with Crippen molar-refractivity contribution in [2.45, 2.75) is 6.42 Å². The number of methoxy groups -OCH3 is 1. The molecule has 1 amide bonds. The fourth-order valence-corrected chi connectivity index (χ4v) is 3.75. The lowest BCUT2D eigenvalue weighted by Crippen LogP contribution is -2.34. The number of aryl methyl sites for hydroxylation is 1. The number of carbonyl (C=O) groups excluding carboxylic acids is 1. The molecule has 3 rings (SSSR count). The summed E-state index contributed by atoms with van der Waals surface area (Å²) in [7, 11) is 7.45. The van der Waals surface area contributed by atoms with Gasteiger partial charge in [-0.1, -0.05) is 17.4 Å². The van der Waals surface area contributed by atoms with E-state index in [1.165, 1.54) is 11.3 Å². The number of hydrogen-bond donors (Lipinski definition) is 0. The van der Waals surface area contributed by atoms with E-state index in [2.05, 4.69) is 10.00 Å². The molecular weight excluding hydrogens is 386 g/mol. The van der Waals surface area contributed by atoms with Gasteiger partial charge < -0.3 is 9.64 Å². The number of halogens is 1. The molecule has 2 aromatic heterocycles. The molecule has 0 fully saturated rings. The number of carbonyl (C=O) groups is 1. The standard InChI is InChI=1S/C18H23N5O2S.ClH/c1-21(2)11-6-12-23(17(24)13-9-10-19-22(13)3)18-20-16-14(25-4)7-5-8-15(16)26-18;/h5,7-10H,6,11-12H2,1-4H3;1H. The molecule has 0 spiro atoms. The molecule has 0 N–H and O–H groups in total. The van der Waals surface area contributed by atoms with Crippen LogP contribution in [0, 0.1) is 0 Å². The normalized spacial score (nSPS) is 10.9. The largest absolute Gasteiger partial charge is 0.494 e. The molecular formula is C18H24ClN5O2S. The fourth-order valence-electron chi connectivity index (χ4n) is 2.74. The summed E-state index contributed by atoms with van der Waals surface area (Å²) in [5.41, 5.74) is 1.33. The van der Waals surface area contributed by atoms with Crippen LogP contribution in [0.4, 0.5) is 5.13 Å². The smallest absolute Gasteiger partial charge is 0.278 e. The number of thiazole rings is 1. The zero-order chi connectivity index (χ0) is 18.7. The van der Waals surface area contributed by atoms with E-state index in [-0.39, 0.29) is 18.3 Å². The van der Waals surface area contributed by atoms with Crippen molar-refractivity contribution in [1.82, 2.24) is 19.7 Å². The predicted octanol–water partition coefficient (Wildman–Crippen LogP) is 3.06. The lowest BCUT2D eigenvalue weighted by Gasteiger charge is -2.20. The third kappa shape index (κ3) is 4.58. The fraction of sp³-hybridized carbons (Fsp3) is 0.389. The summed E-state index contributed by atoms with van der Waals surface area (Å²) in [4.78, 5) is 21.7. The number of anilines is 1. The van der Waals surface area contributed by atoms with Crippen LogP contribution in [0.2, 0.25) is 0 Å². The molecule has 2 heterocycles. The van der Waals surface area contributed by atoms with Crippen LogP contribution in [0.25, 0.3) is 10.2 Å². The minimum absolute atomic E-state index is 0. The number of amides is 1. The van der Waals surface area contributed by atoms with Crippen LogP contribution in [0.1, 0.15) is 16.9 Å². The lowest BCUT2D eigenvalue weighted by atomic mass is 10.3. The first-order valence-electron chi connectivity index (χ1n) is 8.39. The van der Waals surface area contributed by atoms with Gasteiger partial charge in [-0.15, -0.1) is 12.4 Å². The van der Waals surface area contributed by atoms with Gasteiger partial charge in [0, 0.05) is 19.8 Å². The Morgan fingerprint density at radius 3 is 2.67 bits per heavy atom. The Morgan fingerprint density at radius 1 is 1.26 bits per heavy atom. The minimum atomic E-state index is -0.0956. The molecule has 3 aromatic rings. The number of aromatic nitrogens is 3. The zero-order valence-corrected chi connectivity index (χ0v) is 17.5. The molecule has 146 valence electrons. The highest BCUT2D eigenvalue weighted by molar-refractivity contribution is 7.22. The highest BCUT2D eigenvalue weighted by Gasteiger charge is 2.24. The molecule has 0 bridgehead atoms. The van der Waals surface area contributed by atoms with Crippen LogP contribution in [0.15, 0.2) is 30.5 Å². The SMILES string of the molecule is COc1cccc2sc(N(CCCN(C)C)C(=O)c3ccnn3C)nc12.Cl. The molecule has 27 heavy (non-hydrogen) atoms. The van der Waals surface area contributed by atoms with E-state index in [0.717, 1.165) is 23.2 Å². The first-order valence-corrected chi connectivity index (χ1v) is 9.21. The summed E-state index contributed by atoms with van der Waals surface area (Å²) in [5.74, 6) is 0.619. The van der Waals surface area contributed by atoms with E-state index in [0.29, 0.717) is 23.1 Å². The number of benzene rings is 1. The van der Waals surface area contributed by atoms with Crippen molar-refractivity contribution in [2.24, 2.45) is 7.05 Å². The van der Waals surface area contributed by atoms with Gasteiger partial charge in [0.2, 0.25) is 0 Å². The summed E-state index contributed by atoms with van der Waals surface area (Å²) < 4.78 is 7.99. The van der Waals surface area contributed by atoms with Crippen LogP contribution in [-0.2, 0) is 7.05 Å².